The summed E-state index contributed by atoms with van der Waals surface area (Å²) in [5.74, 6) is -1.05. The van der Waals surface area contributed by atoms with Gasteiger partial charge in [0.05, 0.1) is 26.4 Å². The maximum atomic E-state index is 5.32. The molecule has 0 aromatic carbocycles. The van der Waals surface area contributed by atoms with Crippen LogP contribution in [-0.2, 0) is 22.7 Å². The molecular weight excluding hydrogens is 203 g/mol. The van der Waals surface area contributed by atoms with Crippen molar-refractivity contribution in [3.8, 4) is 0 Å². The molecule has 0 aromatic rings. The number of methoxy groups -OCH3 is 2. The predicted octanol–water partition coefficient (Wildman–Crippen LogP) is 0.0862. The zero-order valence-electron chi connectivity index (χ0n) is 8.95. The maximum Gasteiger partial charge on any atom is 0.378 e. The molecule has 0 saturated carbocycles. The van der Waals surface area contributed by atoms with Crippen molar-refractivity contribution < 1.29 is 22.7 Å². The average molecular weight is 220 g/mol. The molecule has 0 fully saturated rings. The minimum Gasteiger partial charge on any atom is -0.473 e. The molecule has 0 aliphatic rings. The summed E-state index contributed by atoms with van der Waals surface area (Å²) in [5, 5.41) is 0. The van der Waals surface area contributed by atoms with Gasteiger partial charge >= 0.3 is 16.6 Å². The Morgan fingerprint density at radius 1 is 0.929 bits per heavy atom. The van der Waals surface area contributed by atoms with E-state index in [1.807, 2.05) is 0 Å². The first-order valence-electron chi connectivity index (χ1n) is 4.32. The molecule has 0 amide bonds. The highest BCUT2D eigenvalue weighted by molar-refractivity contribution is 5.98. The van der Waals surface area contributed by atoms with Gasteiger partial charge < -0.3 is 22.7 Å². The minimum absolute atomic E-state index is 0.411. The van der Waals surface area contributed by atoms with Crippen LogP contribution >= 0.6 is 0 Å². The summed E-state index contributed by atoms with van der Waals surface area (Å²) in [6.45, 7) is 3.50. The predicted molar refractivity (Wildman–Crippen MR) is 50.9 cm³/mol. The van der Waals surface area contributed by atoms with Crippen LogP contribution in [0.5, 0.6) is 0 Å². The van der Waals surface area contributed by atoms with Gasteiger partial charge in [0.1, 0.15) is 0 Å². The van der Waals surface area contributed by atoms with Gasteiger partial charge in [0.25, 0.3) is 5.97 Å². The van der Waals surface area contributed by atoms with Crippen molar-refractivity contribution in [2.24, 2.45) is 0 Å². The number of hydrogen-bond acceptors (Lipinski definition) is 5. The van der Waals surface area contributed by atoms with Crippen LogP contribution in [0, 0.1) is 0 Å². The molecule has 2 radical (unpaired) electrons. The first kappa shape index (κ1) is 14.3. The Hall–Kier alpha value is 0.332. The van der Waals surface area contributed by atoms with E-state index in [0.717, 1.165) is 0 Å². The molecule has 0 heterocycles. The van der Waals surface area contributed by atoms with E-state index in [9.17, 15) is 0 Å². The summed E-state index contributed by atoms with van der Waals surface area (Å²) in [6, 6.07) is 0. The van der Waals surface area contributed by atoms with Crippen LogP contribution in [0.3, 0.4) is 0 Å². The molecule has 0 rings (SSSR count). The van der Waals surface area contributed by atoms with Crippen LogP contribution in [0.1, 0.15) is 6.92 Å². The van der Waals surface area contributed by atoms with E-state index >= 15 is 0 Å². The van der Waals surface area contributed by atoms with Crippen molar-refractivity contribution in [1.82, 2.24) is 0 Å². The normalized spacial score (nSPS) is 11.9. The molecule has 0 unspecified atom stereocenters. The largest absolute Gasteiger partial charge is 0.473 e. The lowest BCUT2D eigenvalue weighted by molar-refractivity contribution is -0.335. The fraction of sp³-hybridized carbons (Fsp3) is 1.00. The molecule has 0 saturated heterocycles. The Bertz CT molecular complexity index is 123. The molecule has 6 heteroatoms. The summed E-state index contributed by atoms with van der Waals surface area (Å²) in [5.41, 5.74) is 0. The van der Waals surface area contributed by atoms with Gasteiger partial charge in [-0.1, -0.05) is 0 Å². The van der Waals surface area contributed by atoms with Crippen LogP contribution in [0.4, 0.5) is 0 Å². The van der Waals surface area contributed by atoms with Gasteiger partial charge in [-0.2, -0.15) is 0 Å². The van der Waals surface area contributed by atoms with Gasteiger partial charge in [-0.15, -0.1) is 0 Å². The third-order valence-corrected chi connectivity index (χ3v) is 1.95. The highest BCUT2D eigenvalue weighted by atomic mass is 27.1. The Labute approximate surface area is 93.4 Å². The van der Waals surface area contributed by atoms with Gasteiger partial charge in [0.2, 0.25) is 0 Å². The molecule has 0 bridgehead atoms. The second kappa shape index (κ2) is 8.63. The number of ether oxygens (including phenoxy) is 4. The van der Waals surface area contributed by atoms with Crippen molar-refractivity contribution in [2.75, 3.05) is 40.6 Å². The molecule has 0 aliphatic carbocycles. The Balaban J connectivity index is 3.67. The standard InChI is InChI=1S/C8H17O5.Al/c1-8(9,12-6-4-10-2)13-7-5-11-3;/h4-7H2,1-3H3;/q-1;+1. The molecule has 0 N–H and O–H groups in total. The van der Waals surface area contributed by atoms with Gasteiger partial charge in [-0.25, -0.2) is 0 Å². The van der Waals surface area contributed by atoms with Gasteiger partial charge in [-0.05, 0) is 0 Å². The molecule has 0 atom stereocenters. The first-order chi connectivity index (χ1) is 6.68. The van der Waals surface area contributed by atoms with Crippen LogP contribution in [0.25, 0.3) is 0 Å². The highest BCUT2D eigenvalue weighted by Gasteiger charge is 2.23. The molecule has 0 aliphatic heterocycles. The summed E-state index contributed by atoms with van der Waals surface area (Å²) >= 11 is 2.11. The quantitative estimate of drug-likeness (QED) is 0.313. The van der Waals surface area contributed by atoms with Crippen molar-refractivity contribution in [3.63, 3.8) is 0 Å². The van der Waals surface area contributed by atoms with Crippen molar-refractivity contribution >= 4 is 16.6 Å². The average Bonchev–Trinajstić information content (AvgIpc) is 2.19. The molecule has 82 valence electrons. The smallest absolute Gasteiger partial charge is 0.378 e. The number of hydrogen-bond donors (Lipinski definition) is 0. The second-order valence-corrected chi connectivity index (χ2v) is 2.90. The van der Waals surface area contributed by atoms with Crippen molar-refractivity contribution in [2.45, 2.75) is 12.9 Å². The molecule has 0 aromatic heterocycles. The molecule has 0 spiro atoms. The topological polar surface area (TPSA) is 46.2 Å². The van der Waals surface area contributed by atoms with Crippen LogP contribution in [0.2, 0.25) is 0 Å². The van der Waals surface area contributed by atoms with E-state index in [4.69, 9.17) is 22.7 Å². The molecular formula is C8H17AlO5. The fourth-order valence-electron chi connectivity index (χ4n) is 0.730. The van der Waals surface area contributed by atoms with Gasteiger partial charge in [-0.3, -0.25) is 0 Å². The van der Waals surface area contributed by atoms with E-state index in [0.29, 0.717) is 26.4 Å². The minimum atomic E-state index is -1.05. The monoisotopic (exact) mass is 220 g/mol. The highest BCUT2D eigenvalue weighted by Crippen LogP contribution is 2.12. The SMILES string of the molecule is COCCOC(C)([O][Al])OCCOC. The Kier molecular flexibility index (Phi) is 8.83. The van der Waals surface area contributed by atoms with Crippen LogP contribution in [0.15, 0.2) is 0 Å². The van der Waals surface area contributed by atoms with Crippen LogP contribution in [-0.4, -0.2) is 63.2 Å². The van der Waals surface area contributed by atoms with Crippen LogP contribution < -0.4 is 0 Å². The van der Waals surface area contributed by atoms with E-state index in [1.165, 1.54) is 0 Å². The third-order valence-electron chi connectivity index (χ3n) is 1.52. The van der Waals surface area contributed by atoms with Gasteiger partial charge in [0.15, 0.2) is 0 Å². The maximum absolute atomic E-state index is 5.32. The second-order valence-electron chi connectivity index (χ2n) is 2.66. The van der Waals surface area contributed by atoms with Crippen molar-refractivity contribution in [3.05, 3.63) is 0 Å². The van der Waals surface area contributed by atoms with E-state index < -0.39 is 5.97 Å². The fourth-order valence-corrected chi connectivity index (χ4v) is 0.867. The zero-order chi connectivity index (χ0) is 10.9. The lowest BCUT2D eigenvalue weighted by atomic mass is 10.6. The summed E-state index contributed by atoms with van der Waals surface area (Å²) < 4.78 is 25.3. The number of rotatable bonds is 9. The lowest BCUT2D eigenvalue weighted by Gasteiger charge is -2.29. The third kappa shape index (κ3) is 6.74. The Morgan fingerprint density at radius 2 is 1.36 bits per heavy atom. The zero-order valence-corrected chi connectivity index (χ0v) is 10.1. The van der Waals surface area contributed by atoms with Crippen molar-refractivity contribution in [1.29, 1.82) is 0 Å². The first-order valence-corrected chi connectivity index (χ1v) is 4.79. The van der Waals surface area contributed by atoms with E-state index in [2.05, 4.69) is 16.6 Å². The lowest BCUT2D eigenvalue weighted by Crippen LogP contribution is -2.37. The van der Waals surface area contributed by atoms with E-state index in [-0.39, 0.29) is 0 Å². The molecule has 14 heavy (non-hydrogen) atoms. The van der Waals surface area contributed by atoms with E-state index in [1.54, 1.807) is 21.1 Å². The Morgan fingerprint density at radius 3 is 1.64 bits per heavy atom. The summed E-state index contributed by atoms with van der Waals surface area (Å²) in [6.07, 6.45) is 0. The van der Waals surface area contributed by atoms with Gasteiger partial charge in [0, 0.05) is 21.1 Å². The molecule has 5 nitrogen and oxygen atoms in total. The summed E-state index contributed by atoms with van der Waals surface area (Å²) in [7, 11) is 3.21. The summed E-state index contributed by atoms with van der Waals surface area (Å²) in [4.78, 5) is 0.